The van der Waals surface area contributed by atoms with Crippen LogP contribution in [0.25, 0.3) is 0 Å². The highest BCUT2D eigenvalue weighted by atomic mass is 16.2. The molecule has 0 N–H and O–H groups in total. The lowest BCUT2D eigenvalue weighted by molar-refractivity contribution is -0.141. The highest BCUT2D eigenvalue weighted by Crippen LogP contribution is 2.19. The summed E-state index contributed by atoms with van der Waals surface area (Å²) in [5.74, 6) is 0.102. The largest absolute Gasteiger partial charge is 0.330 e. The summed E-state index contributed by atoms with van der Waals surface area (Å²) in [7, 11) is 0. The van der Waals surface area contributed by atoms with Gasteiger partial charge in [-0.15, -0.1) is 0 Å². The summed E-state index contributed by atoms with van der Waals surface area (Å²) in [6.45, 7) is 7.37. The minimum Gasteiger partial charge on any atom is -0.330 e. The number of anilines is 1. The summed E-state index contributed by atoms with van der Waals surface area (Å²) in [5, 5.41) is 0. The Labute approximate surface area is 150 Å². The number of carbonyl (C=O) groups is 2. The summed E-state index contributed by atoms with van der Waals surface area (Å²) in [6, 6.07) is 7.86. The standard InChI is InChI=1S/C20H29N3O2/c1-16-7-9-18(10-8-16)23-14-13-22(15-19(23)24)20(25)17(2)21-11-5-3-4-6-12-21/h7-10,17H,3-6,11-15H2,1-2H3/t17-/m0/s1. The molecule has 0 saturated carbocycles. The summed E-state index contributed by atoms with van der Waals surface area (Å²) in [5.41, 5.74) is 2.10. The molecule has 1 aromatic rings. The highest BCUT2D eigenvalue weighted by Gasteiger charge is 2.32. The zero-order chi connectivity index (χ0) is 17.8. The van der Waals surface area contributed by atoms with Crippen LogP contribution in [0, 0.1) is 6.92 Å². The van der Waals surface area contributed by atoms with E-state index in [4.69, 9.17) is 0 Å². The molecule has 2 saturated heterocycles. The fourth-order valence-corrected chi connectivity index (χ4v) is 3.76. The van der Waals surface area contributed by atoms with Crippen LogP contribution < -0.4 is 4.90 Å². The first-order chi connectivity index (χ1) is 12.1. The predicted octanol–water partition coefficient (Wildman–Crippen LogP) is 2.43. The van der Waals surface area contributed by atoms with E-state index in [1.54, 1.807) is 9.80 Å². The van der Waals surface area contributed by atoms with Gasteiger partial charge in [0.05, 0.1) is 6.04 Å². The van der Waals surface area contributed by atoms with E-state index in [9.17, 15) is 9.59 Å². The Morgan fingerprint density at radius 1 is 0.960 bits per heavy atom. The number of rotatable bonds is 3. The molecule has 1 atom stereocenters. The lowest BCUT2D eigenvalue weighted by Crippen LogP contribution is -2.56. The second-order valence-electron chi connectivity index (χ2n) is 7.27. The van der Waals surface area contributed by atoms with Gasteiger partial charge in [0.15, 0.2) is 0 Å². The lowest BCUT2D eigenvalue weighted by atomic mass is 10.1. The molecule has 5 nitrogen and oxygen atoms in total. The van der Waals surface area contributed by atoms with Crippen molar-refractivity contribution in [3.63, 3.8) is 0 Å². The third-order valence-electron chi connectivity index (χ3n) is 5.42. The number of piperazine rings is 1. The summed E-state index contributed by atoms with van der Waals surface area (Å²) in [4.78, 5) is 31.2. The summed E-state index contributed by atoms with van der Waals surface area (Å²) < 4.78 is 0. The minimum absolute atomic E-state index is 0.00604. The first kappa shape index (κ1) is 17.9. The van der Waals surface area contributed by atoms with Crippen LogP contribution in [0.3, 0.4) is 0 Å². The maximum atomic E-state index is 12.9. The quantitative estimate of drug-likeness (QED) is 0.847. The van der Waals surface area contributed by atoms with Crippen molar-refractivity contribution in [3.8, 4) is 0 Å². The van der Waals surface area contributed by atoms with Crippen LogP contribution in [0.5, 0.6) is 0 Å². The van der Waals surface area contributed by atoms with Crippen molar-refractivity contribution in [2.75, 3.05) is 37.6 Å². The zero-order valence-corrected chi connectivity index (χ0v) is 15.4. The molecule has 25 heavy (non-hydrogen) atoms. The molecule has 0 radical (unpaired) electrons. The summed E-state index contributed by atoms with van der Waals surface area (Å²) >= 11 is 0. The smallest absolute Gasteiger partial charge is 0.246 e. The molecule has 0 aromatic heterocycles. The molecular weight excluding hydrogens is 314 g/mol. The Hall–Kier alpha value is -1.88. The van der Waals surface area contributed by atoms with Gasteiger partial charge in [-0.1, -0.05) is 30.5 Å². The van der Waals surface area contributed by atoms with Crippen LogP contribution in [-0.2, 0) is 9.59 Å². The Bertz CT molecular complexity index is 606. The first-order valence-corrected chi connectivity index (χ1v) is 9.46. The Balaban J connectivity index is 1.60. The average Bonchev–Trinajstić information content (AvgIpc) is 2.91. The van der Waals surface area contributed by atoms with Crippen molar-refractivity contribution in [1.29, 1.82) is 0 Å². The second kappa shape index (κ2) is 8.00. The lowest BCUT2D eigenvalue weighted by Gasteiger charge is -2.37. The second-order valence-corrected chi connectivity index (χ2v) is 7.27. The molecule has 2 aliphatic rings. The topological polar surface area (TPSA) is 43.9 Å². The van der Waals surface area contributed by atoms with Crippen molar-refractivity contribution in [3.05, 3.63) is 29.8 Å². The van der Waals surface area contributed by atoms with Crippen molar-refractivity contribution >= 4 is 17.5 Å². The van der Waals surface area contributed by atoms with Gasteiger partial charge in [-0.2, -0.15) is 0 Å². The van der Waals surface area contributed by atoms with Crippen LogP contribution in [0.2, 0.25) is 0 Å². The molecule has 0 bridgehead atoms. The van der Waals surface area contributed by atoms with Gasteiger partial charge in [0.1, 0.15) is 6.54 Å². The monoisotopic (exact) mass is 343 g/mol. The van der Waals surface area contributed by atoms with Crippen LogP contribution in [0.1, 0.15) is 38.2 Å². The van der Waals surface area contributed by atoms with Gasteiger partial charge in [0.25, 0.3) is 0 Å². The van der Waals surface area contributed by atoms with E-state index in [1.165, 1.54) is 18.4 Å². The third-order valence-corrected chi connectivity index (χ3v) is 5.42. The molecule has 0 spiro atoms. The van der Waals surface area contributed by atoms with E-state index in [2.05, 4.69) is 4.90 Å². The molecule has 2 aliphatic heterocycles. The van der Waals surface area contributed by atoms with Gasteiger partial charge in [0, 0.05) is 18.8 Å². The van der Waals surface area contributed by atoms with Gasteiger partial charge in [-0.05, 0) is 51.9 Å². The molecule has 136 valence electrons. The molecule has 1 aromatic carbocycles. The minimum atomic E-state index is -0.128. The molecule has 5 heteroatoms. The number of benzene rings is 1. The number of nitrogens with zero attached hydrogens (tertiary/aromatic N) is 3. The van der Waals surface area contributed by atoms with E-state index in [1.807, 2.05) is 38.1 Å². The van der Waals surface area contributed by atoms with Crippen molar-refractivity contribution < 1.29 is 9.59 Å². The average molecular weight is 343 g/mol. The van der Waals surface area contributed by atoms with E-state index >= 15 is 0 Å². The van der Waals surface area contributed by atoms with E-state index < -0.39 is 0 Å². The number of hydrogen-bond donors (Lipinski definition) is 0. The molecule has 0 unspecified atom stereocenters. The SMILES string of the molecule is Cc1ccc(N2CCN(C(=O)[C@H](C)N3CCCCCC3)CC2=O)cc1. The normalized spacial score (nSPS) is 21.1. The van der Waals surface area contributed by atoms with Crippen LogP contribution in [0.4, 0.5) is 5.69 Å². The van der Waals surface area contributed by atoms with Gasteiger partial charge in [-0.3, -0.25) is 14.5 Å². The molecule has 2 heterocycles. The number of amides is 2. The number of hydrogen-bond acceptors (Lipinski definition) is 3. The number of aryl methyl sites for hydroxylation is 1. The van der Waals surface area contributed by atoms with Gasteiger partial charge in [-0.25, -0.2) is 0 Å². The van der Waals surface area contributed by atoms with Crippen LogP contribution in [0.15, 0.2) is 24.3 Å². The molecule has 2 amide bonds. The van der Waals surface area contributed by atoms with Gasteiger partial charge < -0.3 is 9.80 Å². The number of likely N-dealkylation sites (tertiary alicyclic amines) is 1. The van der Waals surface area contributed by atoms with E-state index in [0.717, 1.165) is 31.6 Å². The highest BCUT2D eigenvalue weighted by molar-refractivity contribution is 5.98. The molecule has 2 fully saturated rings. The zero-order valence-electron chi connectivity index (χ0n) is 15.4. The maximum Gasteiger partial charge on any atom is 0.246 e. The Morgan fingerprint density at radius 2 is 1.60 bits per heavy atom. The van der Waals surface area contributed by atoms with Gasteiger partial charge >= 0.3 is 0 Å². The predicted molar refractivity (Wildman–Crippen MR) is 99.6 cm³/mol. The molecular formula is C20H29N3O2. The van der Waals surface area contributed by atoms with Crippen molar-refractivity contribution in [1.82, 2.24) is 9.80 Å². The Morgan fingerprint density at radius 3 is 2.20 bits per heavy atom. The van der Waals surface area contributed by atoms with Crippen LogP contribution in [-0.4, -0.2) is 60.4 Å². The summed E-state index contributed by atoms with van der Waals surface area (Å²) in [6.07, 6.45) is 4.84. The fraction of sp³-hybridized carbons (Fsp3) is 0.600. The third kappa shape index (κ3) is 4.21. The molecule has 3 rings (SSSR count). The van der Waals surface area contributed by atoms with Crippen molar-refractivity contribution in [2.24, 2.45) is 0 Å². The maximum absolute atomic E-state index is 12.9. The van der Waals surface area contributed by atoms with E-state index in [0.29, 0.717) is 13.1 Å². The van der Waals surface area contributed by atoms with Crippen LogP contribution >= 0.6 is 0 Å². The number of carbonyl (C=O) groups excluding carboxylic acids is 2. The van der Waals surface area contributed by atoms with Crippen molar-refractivity contribution in [2.45, 2.75) is 45.6 Å². The fourth-order valence-electron chi connectivity index (χ4n) is 3.76. The first-order valence-electron chi connectivity index (χ1n) is 9.46. The van der Waals surface area contributed by atoms with E-state index in [-0.39, 0.29) is 24.4 Å². The Kier molecular flexibility index (Phi) is 5.74. The molecule has 0 aliphatic carbocycles. The van der Waals surface area contributed by atoms with Gasteiger partial charge in [0.2, 0.25) is 11.8 Å².